The van der Waals surface area contributed by atoms with Crippen LogP contribution in [-0.2, 0) is 14.4 Å². The van der Waals surface area contributed by atoms with E-state index in [4.69, 9.17) is 4.74 Å². The first kappa shape index (κ1) is 19.2. The van der Waals surface area contributed by atoms with E-state index in [1.807, 2.05) is 18.2 Å². The topological polar surface area (TPSA) is 95.9 Å². The number of para-hydroxylation sites is 1. The highest BCUT2D eigenvalue weighted by Crippen LogP contribution is 2.33. The maximum absolute atomic E-state index is 12.5. The van der Waals surface area contributed by atoms with Gasteiger partial charge in [0, 0.05) is 13.1 Å². The van der Waals surface area contributed by atoms with Crippen molar-refractivity contribution < 1.29 is 24.2 Å². The summed E-state index contributed by atoms with van der Waals surface area (Å²) in [5, 5.41) is 12.0. The molecule has 7 heteroatoms. The van der Waals surface area contributed by atoms with Crippen molar-refractivity contribution in [2.24, 2.45) is 11.8 Å². The third kappa shape index (κ3) is 5.70. The Morgan fingerprint density at radius 2 is 1.93 bits per heavy atom. The summed E-state index contributed by atoms with van der Waals surface area (Å²) in [5.41, 5.74) is 0. The van der Waals surface area contributed by atoms with Crippen molar-refractivity contribution in [1.82, 2.24) is 10.2 Å². The Balaban J connectivity index is 1.49. The molecule has 1 aliphatic carbocycles. The Hall–Kier alpha value is -2.57. The molecule has 146 valence electrons. The van der Waals surface area contributed by atoms with Crippen LogP contribution in [0.2, 0.25) is 0 Å². The molecule has 1 aromatic carbocycles. The molecule has 2 unspecified atom stereocenters. The predicted octanol–water partition coefficient (Wildman–Crippen LogP) is 1.67. The van der Waals surface area contributed by atoms with Crippen molar-refractivity contribution in [1.29, 1.82) is 0 Å². The van der Waals surface area contributed by atoms with Gasteiger partial charge in [0.05, 0.1) is 5.92 Å². The standard InChI is InChI=1S/C20H26N2O5/c23-18(13-27-16-6-2-1-3-7-16)22-10-4-5-15(12-22)19(24)21-17(20(25)26)11-14-8-9-14/h1-3,6-7,14-15,17H,4-5,8-13H2,(H,21,24)(H,25,26). The molecule has 0 radical (unpaired) electrons. The number of hydrogen-bond donors (Lipinski definition) is 2. The van der Waals surface area contributed by atoms with E-state index in [1.54, 1.807) is 17.0 Å². The summed E-state index contributed by atoms with van der Waals surface area (Å²) in [5.74, 6) is -0.767. The number of piperidine rings is 1. The summed E-state index contributed by atoms with van der Waals surface area (Å²) in [7, 11) is 0. The van der Waals surface area contributed by atoms with Crippen LogP contribution in [0.15, 0.2) is 30.3 Å². The van der Waals surface area contributed by atoms with Crippen molar-refractivity contribution in [3.63, 3.8) is 0 Å². The van der Waals surface area contributed by atoms with Gasteiger partial charge in [0.2, 0.25) is 5.91 Å². The number of carboxylic acid groups (broad SMARTS) is 1. The molecule has 0 aromatic heterocycles. The maximum atomic E-state index is 12.5. The van der Waals surface area contributed by atoms with Gasteiger partial charge in [-0.2, -0.15) is 0 Å². The highest BCUT2D eigenvalue weighted by Gasteiger charge is 2.34. The summed E-state index contributed by atoms with van der Waals surface area (Å²) in [6.45, 7) is 0.821. The first-order valence-electron chi connectivity index (χ1n) is 9.51. The maximum Gasteiger partial charge on any atom is 0.326 e. The number of likely N-dealkylation sites (tertiary alicyclic amines) is 1. The van der Waals surface area contributed by atoms with E-state index < -0.39 is 12.0 Å². The quantitative estimate of drug-likeness (QED) is 0.722. The van der Waals surface area contributed by atoms with Gasteiger partial charge in [-0.05, 0) is 37.3 Å². The van der Waals surface area contributed by atoms with Gasteiger partial charge >= 0.3 is 5.97 Å². The number of amides is 2. The summed E-state index contributed by atoms with van der Waals surface area (Å²) in [6, 6.07) is 8.27. The molecule has 3 rings (SSSR count). The van der Waals surface area contributed by atoms with Crippen LogP contribution in [0.1, 0.15) is 32.1 Å². The minimum absolute atomic E-state index is 0.0716. The highest BCUT2D eigenvalue weighted by atomic mass is 16.5. The van der Waals surface area contributed by atoms with E-state index in [1.165, 1.54) is 0 Å². The predicted molar refractivity (Wildman–Crippen MR) is 98.1 cm³/mol. The summed E-state index contributed by atoms with van der Waals surface area (Å²) >= 11 is 0. The summed E-state index contributed by atoms with van der Waals surface area (Å²) < 4.78 is 5.49. The SMILES string of the molecule is O=C(NC(CC1CC1)C(=O)O)C1CCCN(C(=O)COc2ccccc2)C1. The van der Waals surface area contributed by atoms with E-state index in [0.717, 1.165) is 19.3 Å². The van der Waals surface area contributed by atoms with Crippen molar-refractivity contribution >= 4 is 17.8 Å². The zero-order valence-electron chi connectivity index (χ0n) is 15.3. The minimum atomic E-state index is -0.991. The minimum Gasteiger partial charge on any atom is -0.484 e. The second-order valence-corrected chi connectivity index (χ2v) is 7.36. The Morgan fingerprint density at radius 1 is 1.19 bits per heavy atom. The van der Waals surface area contributed by atoms with E-state index in [-0.39, 0.29) is 24.3 Å². The number of benzene rings is 1. The van der Waals surface area contributed by atoms with Crippen molar-refractivity contribution in [3.8, 4) is 5.75 Å². The molecular formula is C20H26N2O5. The normalized spacial score (nSPS) is 20.6. The van der Waals surface area contributed by atoms with Crippen molar-refractivity contribution in [3.05, 3.63) is 30.3 Å². The Bertz CT molecular complexity index is 674. The fraction of sp³-hybridized carbons (Fsp3) is 0.550. The zero-order chi connectivity index (χ0) is 19.2. The fourth-order valence-electron chi connectivity index (χ4n) is 3.37. The number of ether oxygens (including phenoxy) is 1. The Morgan fingerprint density at radius 3 is 2.59 bits per heavy atom. The molecule has 0 bridgehead atoms. The lowest BCUT2D eigenvalue weighted by Gasteiger charge is -2.32. The van der Waals surface area contributed by atoms with Gasteiger partial charge in [0.15, 0.2) is 6.61 Å². The van der Waals surface area contributed by atoms with E-state index in [9.17, 15) is 19.5 Å². The number of carbonyl (C=O) groups excluding carboxylic acids is 2. The second kappa shape index (κ2) is 8.88. The molecule has 1 saturated carbocycles. The monoisotopic (exact) mass is 374 g/mol. The molecule has 27 heavy (non-hydrogen) atoms. The molecule has 0 spiro atoms. The third-order valence-corrected chi connectivity index (χ3v) is 5.13. The molecular weight excluding hydrogens is 348 g/mol. The van der Waals surface area contributed by atoms with E-state index >= 15 is 0 Å². The van der Waals surface area contributed by atoms with Crippen LogP contribution in [0.5, 0.6) is 5.75 Å². The van der Waals surface area contributed by atoms with Crippen LogP contribution < -0.4 is 10.1 Å². The summed E-state index contributed by atoms with van der Waals surface area (Å²) in [4.78, 5) is 37.9. The van der Waals surface area contributed by atoms with Crippen molar-refractivity contribution in [2.45, 2.75) is 38.1 Å². The number of carboxylic acids is 1. The third-order valence-electron chi connectivity index (χ3n) is 5.13. The molecule has 1 saturated heterocycles. The fourth-order valence-corrected chi connectivity index (χ4v) is 3.37. The van der Waals surface area contributed by atoms with Gasteiger partial charge in [0.25, 0.3) is 5.91 Å². The first-order chi connectivity index (χ1) is 13.0. The highest BCUT2D eigenvalue weighted by molar-refractivity contribution is 5.86. The molecule has 1 aromatic rings. The van der Waals surface area contributed by atoms with Gasteiger partial charge in [-0.25, -0.2) is 4.79 Å². The van der Waals surface area contributed by atoms with Gasteiger partial charge in [0.1, 0.15) is 11.8 Å². The Labute approximate surface area is 158 Å². The van der Waals surface area contributed by atoms with Crippen molar-refractivity contribution in [2.75, 3.05) is 19.7 Å². The zero-order valence-corrected chi connectivity index (χ0v) is 15.3. The smallest absolute Gasteiger partial charge is 0.326 e. The first-order valence-corrected chi connectivity index (χ1v) is 9.51. The van der Waals surface area contributed by atoms with Gasteiger partial charge < -0.3 is 20.1 Å². The number of rotatable bonds is 8. The van der Waals surface area contributed by atoms with E-state index in [0.29, 0.717) is 37.6 Å². The molecule has 2 atom stereocenters. The lowest BCUT2D eigenvalue weighted by Crippen LogP contribution is -2.50. The van der Waals surface area contributed by atoms with Crippen LogP contribution in [0.3, 0.4) is 0 Å². The number of nitrogens with zero attached hydrogens (tertiary/aromatic N) is 1. The van der Waals surface area contributed by atoms with Crippen LogP contribution >= 0.6 is 0 Å². The number of aliphatic carboxylic acids is 1. The average molecular weight is 374 g/mol. The molecule has 2 aliphatic rings. The van der Waals surface area contributed by atoms with Gasteiger partial charge in [-0.15, -0.1) is 0 Å². The lowest BCUT2D eigenvalue weighted by atomic mass is 9.96. The molecule has 2 N–H and O–H groups in total. The van der Waals surface area contributed by atoms with Crippen LogP contribution in [0.25, 0.3) is 0 Å². The Kier molecular flexibility index (Phi) is 6.32. The van der Waals surface area contributed by atoms with Gasteiger partial charge in [-0.3, -0.25) is 9.59 Å². The molecule has 2 amide bonds. The number of hydrogen-bond acceptors (Lipinski definition) is 4. The lowest BCUT2D eigenvalue weighted by molar-refractivity contribution is -0.144. The molecule has 7 nitrogen and oxygen atoms in total. The van der Waals surface area contributed by atoms with Crippen LogP contribution in [0, 0.1) is 11.8 Å². The second-order valence-electron chi connectivity index (χ2n) is 7.36. The molecule has 1 aliphatic heterocycles. The van der Waals surface area contributed by atoms with E-state index in [2.05, 4.69) is 5.32 Å². The average Bonchev–Trinajstić information content (AvgIpc) is 3.50. The van der Waals surface area contributed by atoms with Crippen LogP contribution in [-0.4, -0.2) is 53.5 Å². The summed E-state index contributed by atoms with van der Waals surface area (Å²) in [6.07, 6.45) is 3.93. The molecule has 2 fully saturated rings. The van der Waals surface area contributed by atoms with Crippen LogP contribution in [0.4, 0.5) is 0 Å². The van der Waals surface area contributed by atoms with Gasteiger partial charge in [-0.1, -0.05) is 31.0 Å². The molecule has 1 heterocycles. The number of carbonyl (C=O) groups is 3. The number of nitrogens with one attached hydrogen (secondary N) is 1. The largest absolute Gasteiger partial charge is 0.484 e.